The Kier molecular flexibility index (Phi) is 8.58. The quantitative estimate of drug-likeness (QED) is 0.521. The van der Waals surface area contributed by atoms with Crippen molar-refractivity contribution >= 4 is 6.03 Å². The van der Waals surface area contributed by atoms with Gasteiger partial charge in [0.15, 0.2) is 0 Å². The fourth-order valence-corrected chi connectivity index (χ4v) is 0.285. The number of primary amides is 1. The fourth-order valence-electron chi connectivity index (χ4n) is 0.285. The van der Waals surface area contributed by atoms with Crippen molar-refractivity contribution in [2.75, 3.05) is 0 Å². The van der Waals surface area contributed by atoms with Crippen LogP contribution in [0.25, 0.3) is 0 Å². The van der Waals surface area contributed by atoms with E-state index in [0.717, 1.165) is 0 Å². The highest BCUT2D eigenvalue weighted by Crippen LogP contribution is 1.71. The highest BCUT2D eigenvalue weighted by atomic mass is 16.2. The van der Waals surface area contributed by atoms with Gasteiger partial charge in [-0.1, -0.05) is 13.8 Å². The SMILES string of the molecule is CC(C)N.CC(C)NC(N)=O. The van der Waals surface area contributed by atoms with Gasteiger partial charge >= 0.3 is 6.03 Å². The van der Waals surface area contributed by atoms with E-state index < -0.39 is 6.03 Å². The van der Waals surface area contributed by atoms with Crippen LogP contribution < -0.4 is 16.8 Å². The van der Waals surface area contributed by atoms with Crippen molar-refractivity contribution in [3.63, 3.8) is 0 Å². The summed E-state index contributed by atoms with van der Waals surface area (Å²) in [7, 11) is 0. The van der Waals surface area contributed by atoms with Crippen molar-refractivity contribution in [1.29, 1.82) is 0 Å². The van der Waals surface area contributed by atoms with Crippen molar-refractivity contribution in [3.8, 4) is 0 Å². The Bertz CT molecular complexity index is 99.1. The first-order chi connectivity index (χ1) is 4.86. The molecule has 0 saturated carbocycles. The lowest BCUT2D eigenvalue weighted by atomic mass is 10.4. The summed E-state index contributed by atoms with van der Waals surface area (Å²) in [6.07, 6.45) is 0. The average Bonchev–Trinajstić information content (AvgIpc) is 1.56. The molecule has 0 aromatic heterocycles. The van der Waals surface area contributed by atoms with Gasteiger partial charge in [0.1, 0.15) is 0 Å². The number of carbonyl (C=O) groups is 1. The number of hydrogen-bond donors (Lipinski definition) is 3. The molecule has 0 atom stereocenters. The summed E-state index contributed by atoms with van der Waals surface area (Å²) in [5, 5.41) is 2.44. The maximum absolute atomic E-state index is 9.92. The van der Waals surface area contributed by atoms with Crippen LogP contribution in [-0.2, 0) is 0 Å². The minimum absolute atomic E-state index is 0.150. The molecule has 5 N–H and O–H groups in total. The van der Waals surface area contributed by atoms with Crippen molar-refractivity contribution in [1.82, 2.24) is 5.32 Å². The molecule has 0 aliphatic rings. The first-order valence-corrected chi connectivity index (χ1v) is 3.67. The molecule has 2 amide bonds. The second kappa shape index (κ2) is 7.34. The average molecular weight is 161 g/mol. The largest absolute Gasteiger partial charge is 0.352 e. The van der Waals surface area contributed by atoms with Gasteiger partial charge in [-0.2, -0.15) is 0 Å². The van der Waals surface area contributed by atoms with Crippen molar-refractivity contribution < 1.29 is 4.79 Å². The van der Waals surface area contributed by atoms with Gasteiger partial charge in [-0.25, -0.2) is 4.79 Å². The minimum Gasteiger partial charge on any atom is -0.352 e. The molecule has 0 unspecified atom stereocenters. The van der Waals surface area contributed by atoms with E-state index in [1.165, 1.54) is 0 Å². The molecular formula is C7H19N3O. The van der Waals surface area contributed by atoms with E-state index >= 15 is 0 Å². The van der Waals surface area contributed by atoms with Gasteiger partial charge in [-0.05, 0) is 19.9 Å². The molecule has 0 aromatic carbocycles. The summed E-state index contributed by atoms with van der Waals surface area (Å²) in [6.45, 7) is 7.59. The number of amides is 2. The van der Waals surface area contributed by atoms with Crippen LogP contribution in [0.1, 0.15) is 27.7 Å². The van der Waals surface area contributed by atoms with E-state index in [-0.39, 0.29) is 6.04 Å². The van der Waals surface area contributed by atoms with Gasteiger partial charge in [0.2, 0.25) is 0 Å². The van der Waals surface area contributed by atoms with Gasteiger partial charge in [-0.15, -0.1) is 0 Å². The molecule has 0 fully saturated rings. The zero-order valence-corrected chi connectivity index (χ0v) is 7.72. The van der Waals surface area contributed by atoms with E-state index in [1.807, 2.05) is 27.7 Å². The molecule has 11 heavy (non-hydrogen) atoms. The highest BCUT2D eigenvalue weighted by Gasteiger charge is 1.91. The van der Waals surface area contributed by atoms with Crippen LogP contribution in [0.2, 0.25) is 0 Å². The van der Waals surface area contributed by atoms with Crippen LogP contribution in [0, 0.1) is 0 Å². The topological polar surface area (TPSA) is 81.1 Å². The predicted octanol–water partition coefficient (Wildman–Crippen LogP) is 0.417. The summed E-state index contributed by atoms with van der Waals surface area (Å²) < 4.78 is 0. The molecule has 0 rings (SSSR count). The van der Waals surface area contributed by atoms with Crippen LogP contribution >= 0.6 is 0 Å². The summed E-state index contributed by atoms with van der Waals surface area (Å²) in [6, 6.07) is 0.0208. The molecule has 0 spiro atoms. The normalized spacial score (nSPS) is 9.00. The Labute approximate surface area is 68.3 Å². The maximum Gasteiger partial charge on any atom is 0.312 e. The smallest absolute Gasteiger partial charge is 0.312 e. The highest BCUT2D eigenvalue weighted by molar-refractivity contribution is 5.71. The number of hydrogen-bond acceptors (Lipinski definition) is 2. The van der Waals surface area contributed by atoms with Crippen LogP contribution in [0.3, 0.4) is 0 Å². The molecular weight excluding hydrogens is 142 g/mol. The number of nitrogens with one attached hydrogen (secondary N) is 1. The lowest BCUT2D eigenvalue weighted by Crippen LogP contribution is -2.34. The third kappa shape index (κ3) is 46.2. The van der Waals surface area contributed by atoms with Crippen molar-refractivity contribution in [2.24, 2.45) is 11.5 Å². The van der Waals surface area contributed by atoms with Gasteiger partial charge in [0, 0.05) is 6.04 Å². The van der Waals surface area contributed by atoms with Crippen LogP contribution in [-0.4, -0.2) is 18.1 Å². The lowest BCUT2D eigenvalue weighted by Gasteiger charge is -2.01. The molecule has 0 aromatic rings. The number of carbonyl (C=O) groups excluding carboxylic acids is 1. The van der Waals surface area contributed by atoms with Crippen molar-refractivity contribution in [2.45, 2.75) is 39.8 Å². The van der Waals surface area contributed by atoms with Gasteiger partial charge in [-0.3, -0.25) is 0 Å². The molecule has 4 heteroatoms. The molecule has 0 heterocycles. The second-order valence-electron chi connectivity index (χ2n) is 2.91. The zero-order valence-electron chi connectivity index (χ0n) is 7.72. The Hall–Kier alpha value is -0.770. The molecule has 4 nitrogen and oxygen atoms in total. The van der Waals surface area contributed by atoms with E-state index in [0.29, 0.717) is 6.04 Å². The van der Waals surface area contributed by atoms with E-state index in [1.54, 1.807) is 0 Å². The molecule has 68 valence electrons. The van der Waals surface area contributed by atoms with E-state index in [4.69, 9.17) is 11.5 Å². The Morgan fingerprint density at radius 1 is 1.27 bits per heavy atom. The first kappa shape index (κ1) is 12.9. The maximum atomic E-state index is 9.92. The summed E-state index contributed by atoms with van der Waals surface area (Å²) in [4.78, 5) is 9.92. The third-order valence-electron chi connectivity index (χ3n) is 0.431. The fraction of sp³-hybridized carbons (Fsp3) is 0.857. The van der Waals surface area contributed by atoms with Crippen LogP contribution in [0.15, 0.2) is 0 Å². The number of nitrogens with two attached hydrogens (primary N) is 2. The Morgan fingerprint density at radius 3 is 1.55 bits per heavy atom. The van der Waals surface area contributed by atoms with Crippen LogP contribution in [0.4, 0.5) is 4.79 Å². The monoisotopic (exact) mass is 161 g/mol. The molecule has 0 radical (unpaired) electrons. The number of urea groups is 1. The van der Waals surface area contributed by atoms with E-state index in [2.05, 4.69) is 5.32 Å². The Balaban J connectivity index is 0. The van der Waals surface area contributed by atoms with Gasteiger partial charge < -0.3 is 16.8 Å². The number of rotatable bonds is 1. The van der Waals surface area contributed by atoms with E-state index in [9.17, 15) is 4.79 Å². The standard InChI is InChI=1S/C4H10N2O.C3H9N/c1-3(2)6-4(5)7;1-3(2)4/h3H,1-2H3,(H3,5,6,7);3H,4H2,1-2H3. The summed E-state index contributed by atoms with van der Waals surface area (Å²) >= 11 is 0. The third-order valence-corrected chi connectivity index (χ3v) is 0.431. The second-order valence-corrected chi connectivity index (χ2v) is 2.91. The van der Waals surface area contributed by atoms with Gasteiger partial charge in [0.25, 0.3) is 0 Å². The lowest BCUT2D eigenvalue weighted by molar-refractivity contribution is 0.247. The van der Waals surface area contributed by atoms with Gasteiger partial charge in [0.05, 0.1) is 0 Å². The molecule has 0 aliphatic heterocycles. The molecule has 0 saturated heterocycles. The van der Waals surface area contributed by atoms with Crippen LogP contribution in [0.5, 0.6) is 0 Å². The minimum atomic E-state index is -0.463. The summed E-state index contributed by atoms with van der Waals surface area (Å²) in [5.74, 6) is 0. The predicted molar refractivity (Wildman–Crippen MR) is 47.2 cm³/mol. The summed E-state index contributed by atoms with van der Waals surface area (Å²) in [5.41, 5.74) is 9.85. The molecule has 0 aliphatic carbocycles. The van der Waals surface area contributed by atoms with Crippen molar-refractivity contribution in [3.05, 3.63) is 0 Å². The Morgan fingerprint density at radius 2 is 1.55 bits per heavy atom. The zero-order chi connectivity index (χ0) is 9.44. The molecule has 0 bridgehead atoms. The first-order valence-electron chi connectivity index (χ1n) is 3.67.